The lowest BCUT2D eigenvalue weighted by Crippen LogP contribution is -2.20. The second-order valence-corrected chi connectivity index (χ2v) is 6.09. The van der Waals surface area contributed by atoms with E-state index in [-0.39, 0.29) is 12.5 Å². The number of carbonyl (C=O) groups is 2. The van der Waals surface area contributed by atoms with Crippen molar-refractivity contribution in [1.82, 2.24) is 0 Å². The van der Waals surface area contributed by atoms with Crippen molar-refractivity contribution < 1.29 is 28.9 Å². The largest absolute Gasteiger partial charge is 0.495 e. The summed E-state index contributed by atoms with van der Waals surface area (Å²) in [6, 6.07) is 10.3. The zero-order valence-corrected chi connectivity index (χ0v) is 16.3. The number of carboxylic acids is 1. The van der Waals surface area contributed by atoms with Crippen molar-refractivity contribution in [2.24, 2.45) is 0 Å². The van der Waals surface area contributed by atoms with E-state index in [1.165, 1.54) is 20.3 Å². The summed E-state index contributed by atoms with van der Waals surface area (Å²) in [7, 11) is 2.97. The van der Waals surface area contributed by atoms with Crippen LogP contribution < -0.4 is 19.5 Å². The highest BCUT2D eigenvalue weighted by Crippen LogP contribution is 2.34. The smallest absolute Gasteiger partial charge is 0.328 e. The Balaban J connectivity index is 2.09. The van der Waals surface area contributed by atoms with Crippen molar-refractivity contribution in [3.8, 4) is 17.2 Å². The molecule has 0 saturated carbocycles. The first-order valence-electron chi connectivity index (χ1n) is 7.78. The molecular formula is C19H18BrNO6. The summed E-state index contributed by atoms with van der Waals surface area (Å²) in [4.78, 5) is 22.8. The number of aliphatic carboxylic acids is 1. The lowest BCUT2D eigenvalue weighted by molar-refractivity contribution is -0.131. The van der Waals surface area contributed by atoms with E-state index in [2.05, 4.69) is 21.2 Å². The molecule has 0 saturated heterocycles. The second kappa shape index (κ2) is 9.63. The van der Waals surface area contributed by atoms with Gasteiger partial charge in [-0.05, 0) is 35.9 Å². The summed E-state index contributed by atoms with van der Waals surface area (Å²) in [5, 5.41) is 11.4. The molecule has 27 heavy (non-hydrogen) atoms. The van der Waals surface area contributed by atoms with Crippen LogP contribution in [0, 0.1) is 0 Å². The molecule has 0 bridgehead atoms. The molecule has 0 radical (unpaired) electrons. The quantitative estimate of drug-likeness (QED) is 0.615. The van der Waals surface area contributed by atoms with E-state index in [1.807, 2.05) is 0 Å². The third-order valence-corrected chi connectivity index (χ3v) is 4.12. The van der Waals surface area contributed by atoms with Gasteiger partial charge in [-0.2, -0.15) is 0 Å². The van der Waals surface area contributed by atoms with Crippen LogP contribution in [0.25, 0.3) is 6.08 Å². The number of hydrogen-bond donors (Lipinski definition) is 2. The maximum absolute atomic E-state index is 12.2. The number of amides is 1. The molecule has 2 rings (SSSR count). The van der Waals surface area contributed by atoms with Crippen LogP contribution in [0.1, 0.15) is 5.56 Å². The fraction of sp³-hybridized carbons (Fsp3) is 0.158. The number of carboxylic acid groups (broad SMARTS) is 1. The van der Waals surface area contributed by atoms with Gasteiger partial charge in [-0.15, -0.1) is 0 Å². The molecule has 2 N–H and O–H groups in total. The highest BCUT2D eigenvalue weighted by atomic mass is 79.9. The van der Waals surface area contributed by atoms with E-state index in [0.717, 1.165) is 6.08 Å². The summed E-state index contributed by atoms with van der Waals surface area (Å²) in [6.07, 6.45) is 2.44. The fourth-order valence-electron chi connectivity index (χ4n) is 2.19. The Morgan fingerprint density at radius 3 is 2.48 bits per heavy atom. The van der Waals surface area contributed by atoms with Gasteiger partial charge in [0.15, 0.2) is 18.1 Å². The SMILES string of the molecule is COc1ccccc1NC(=O)COc1cc(Br)c(C=CC(=O)O)cc1OC. The first-order valence-corrected chi connectivity index (χ1v) is 8.58. The molecule has 0 atom stereocenters. The zero-order chi connectivity index (χ0) is 19.8. The van der Waals surface area contributed by atoms with E-state index in [4.69, 9.17) is 19.3 Å². The van der Waals surface area contributed by atoms with E-state index >= 15 is 0 Å². The Morgan fingerprint density at radius 1 is 1.11 bits per heavy atom. The van der Waals surface area contributed by atoms with Crippen molar-refractivity contribution in [2.75, 3.05) is 26.1 Å². The molecule has 0 fully saturated rings. The third kappa shape index (κ3) is 5.75. The molecule has 0 aliphatic rings. The van der Waals surface area contributed by atoms with Gasteiger partial charge in [0.25, 0.3) is 5.91 Å². The van der Waals surface area contributed by atoms with Gasteiger partial charge in [-0.3, -0.25) is 4.79 Å². The molecule has 2 aromatic carbocycles. The molecule has 2 aromatic rings. The standard InChI is InChI=1S/C19H18BrNO6/c1-25-15-6-4-3-5-14(15)21-18(22)11-27-17-10-13(20)12(7-8-19(23)24)9-16(17)26-2/h3-10H,11H2,1-2H3,(H,21,22)(H,23,24). The van der Waals surface area contributed by atoms with Crippen LogP contribution in [0.4, 0.5) is 5.69 Å². The van der Waals surface area contributed by atoms with Gasteiger partial charge >= 0.3 is 5.97 Å². The van der Waals surface area contributed by atoms with Gasteiger partial charge in [0.1, 0.15) is 5.75 Å². The topological polar surface area (TPSA) is 94.1 Å². The molecule has 8 heteroatoms. The van der Waals surface area contributed by atoms with Gasteiger partial charge < -0.3 is 24.6 Å². The van der Waals surface area contributed by atoms with Crippen LogP contribution in [0.5, 0.6) is 17.2 Å². The van der Waals surface area contributed by atoms with E-state index < -0.39 is 5.97 Å². The second-order valence-electron chi connectivity index (χ2n) is 5.23. The van der Waals surface area contributed by atoms with Gasteiger partial charge in [0.05, 0.1) is 19.9 Å². The van der Waals surface area contributed by atoms with Gasteiger partial charge in [-0.1, -0.05) is 28.1 Å². The molecular weight excluding hydrogens is 418 g/mol. The van der Waals surface area contributed by atoms with Crippen molar-refractivity contribution in [2.45, 2.75) is 0 Å². The summed E-state index contributed by atoms with van der Waals surface area (Å²) in [5.41, 5.74) is 1.14. The number of nitrogens with one attached hydrogen (secondary N) is 1. The Morgan fingerprint density at radius 2 is 1.81 bits per heavy atom. The number of ether oxygens (including phenoxy) is 3. The Hall–Kier alpha value is -3.00. The van der Waals surface area contributed by atoms with Crippen LogP contribution in [0.15, 0.2) is 46.9 Å². The van der Waals surface area contributed by atoms with Crippen LogP contribution >= 0.6 is 15.9 Å². The summed E-state index contributed by atoms with van der Waals surface area (Å²) >= 11 is 3.34. The average Bonchev–Trinajstić information content (AvgIpc) is 2.65. The molecule has 0 aliphatic carbocycles. The number of benzene rings is 2. The van der Waals surface area contributed by atoms with Gasteiger partial charge in [0, 0.05) is 10.5 Å². The molecule has 0 heterocycles. The number of anilines is 1. The maximum atomic E-state index is 12.2. The molecule has 0 unspecified atom stereocenters. The average molecular weight is 436 g/mol. The lowest BCUT2D eigenvalue weighted by atomic mass is 10.2. The molecule has 1 amide bonds. The van der Waals surface area contributed by atoms with E-state index in [9.17, 15) is 9.59 Å². The third-order valence-electron chi connectivity index (χ3n) is 3.43. The number of methoxy groups -OCH3 is 2. The summed E-state index contributed by atoms with van der Waals surface area (Å²) < 4.78 is 16.6. The molecule has 0 aliphatic heterocycles. The number of hydrogen-bond acceptors (Lipinski definition) is 5. The first kappa shape index (κ1) is 20.3. The maximum Gasteiger partial charge on any atom is 0.328 e. The van der Waals surface area contributed by atoms with Crippen molar-refractivity contribution >= 4 is 39.6 Å². The Labute approximate surface area is 164 Å². The normalized spacial score (nSPS) is 10.5. The van der Waals surface area contributed by atoms with E-state index in [1.54, 1.807) is 36.4 Å². The van der Waals surface area contributed by atoms with Crippen LogP contribution in [-0.4, -0.2) is 37.8 Å². The molecule has 0 aromatic heterocycles. The van der Waals surface area contributed by atoms with Crippen LogP contribution in [-0.2, 0) is 9.59 Å². The molecule has 142 valence electrons. The highest BCUT2D eigenvalue weighted by molar-refractivity contribution is 9.10. The van der Waals surface area contributed by atoms with Gasteiger partial charge in [0.2, 0.25) is 0 Å². The Kier molecular flexibility index (Phi) is 7.25. The van der Waals surface area contributed by atoms with Gasteiger partial charge in [-0.25, -0.2) is 4.79 Å². The minimum Gasteiger partial charge on any atom is -0.495 e. The highest BCUT2D eigenvalue weighted by Gasteiger charge is 2.12. The molecule has 7 nitrogen and oxygen atoms in total. The number of halogens is 1. The predicted octanol–water partition coefficient (Wildman–Crippen LogP) is 3.58. The lowest BCUT2D eigenvalue weighted by Gasteiger charge is -2.13. The number of para-hydroxylation sites is 2. The van der Waals surface area contributed by atoms with E-state index in [0.29, 0.717) is 33.0 Å². The Bertz CT molecular complexity index is 865. The van der Waals surface area contributed by atoms with Crippen LogP contribution in [0.2, 0.25) is 0 Å². The number of carbonyl (C=O) groups excluding carboxylic acids is 1. The summed E-state index contributed by atoms with van der Waals surface area (Å²) in [6.45, 7) is -0.245. The monoisotopic (exact) mass is 435 g/mol. The fourth-order valence-corrected chi connectivity index (χ4v) is 2.64. The zero-order valence-electron chi connectivity index (χ0n) is 14.7. The van der Waals surface area contributed by atoms with Crippen molar-refractivity contribution in [3.05, 3.63) is 52.5 Å². The van der Waals surface area contributed by atoms with Crippen LogP contribution in [0.3, 0.4) is 0 Å². The van der Waals surface area contributed by atoms with Crippen molar-refractivity contribution in [1.29, 1.82) is 0 Å². The van der Waals surface area contributed by atoms with Crippen molar-refractivity contribution in [3.63, 3.8) is 0 Å². The first-order chi connectivity index (χ1) is 12.9. The minimum atomic E-state index is -1.06. The molecule has 0 spiro atoms. The predicted molar refractivity (Wildman–Crippen MR) is 104 cm³/mol. The minimum absolute atomic E-state index is 0.245. The summed E-state index contributed by atoms with van der Waals surface area (Å²) in [5.74, 6) is -0.178. The number of rotatable bonds is 8.